The average Bonchev–Trinajstić information content (AvgIpc) is 2.68. The molecule has 0 aromatic heterocycles. The number of methoxy groups -OCH3 is 1. The fraction of sp³-hybridized carbons (Fsp3) is 0.250. The third kappa shape index (κ3) is 5.17. The zero-order chi connectivity index (χ0) is 18.9. The molecular formula is C20H22N2O4. The van der Waals surface area contributed by atoms with Crippen LogP contribution in [-0.4, -0.2) is 31.4 Å². The third-order valence-electron chi connectivity index (χ3n) is 3.83. The Morgan fingerprint density at radius 2 is 1.62 bits per heavy atom. The number of nitrogens with one attached hydrogen (secondary N) is 1. The van der Waals surface area contributed by atoms with Crippen LogP contribution in [0.4, 0.5) is 11.4 Å². The molecule has 0 fully saturated rings. The number of para-hydroxylation sites is 1. The Morgan fingerprint density at radius 3 is 2.19 bits per heavy atom. The molecule has 0 spiro atoms. The van der Waals surface area contributed by atoms with Gasteiger partial charge in [-0.3, -0.25) is 14.4 Å². The minimum absolute atomic E-state index is 0.0292. The quantitative estimate of drug-likeness (QED) is 0.775. The molecule has 0 unspecified atom stereocenters. The number of carbonyl (C=O) groups is 3. The number of nitrogens with zero attached hydrogens (tertiary/aromatic N) is 1. The number of amides is 2. The van der Waals surface area contributed by atoms with E-state index in [9.17, 15) is 14.4 Å². The fourth-order valence-electron chi connectivity index (χ4n) is 2.44. The Kier molecular flexibility index (Phi) is 6.91. The van der Waals surface area contributed by atoms with Crippen LogP contribution in [-0.2, 0) is 14.3 Å². The zero-order valence-electron chi connectivity index (χ0n) is 14.9. The predicted molar refractivity (Wildman–Crippen MR) is 100 cm³/mol. The van der Waals surface area contributed by atoms with Crippen LogP contribution < -0.4 is 10.2 Å². The lowest BCUT2D eigenvalue weighted by Crippen LogP contribution is -2.30. The summed E-state index contributed by atoms with van der Waals surface area (Å²) in [5.41, 5.74) is 1.93. The van der Waals surface area contributed by atoms with Gasteiger partial charge in [0.25, 0.3) is 5.91 Å². The van der Waals surface area contributed by atoms with Crippen LogP contribution in [0.1, 0.15) is 30.1 Å². The van der Waals surface area contributed by atoms with Gasteiger partial charge in [-0.1, -0.05) is 18.2 Å². The number of benzene rings is 2. The van der Waals surface area contributed by atoms with Gasteiger partial charge in [-0.25, -0.2) is 0 Å². The van der Waals surface area contributed by atoms with E-state index in [0.717, 1.165) is 5.69 Å². The Hall–Kier alpha value is -3.15. The van der Waals surface area contributed by atoms with Gasteiger partial charge < -0.3 is 15.0 Å². The number of carbonyl (C=O) groups excluding carboxylic acids is 3. The second kappa shape index (κ2) is 9.36. The first kappa shape index (κ1) is 19.2. The van der Waals surface area contributed by atoms with Crippen molar-refractivity contribution in [1.82, 2.24) is 0 Å². The number of anilines is 2. The molecular weight excluding hydrogens is 332 g/mol. The molecule has 0 saturated heterocycles. The minimum Gasteiger partial charge on any atom is -0.469 e. The van der Waals surface area contributed by atoms with Gasteiger partial charge in [0.2, 0.25) is 5.91 Å². The highest BCUT2D eigenvalue weighted by atomic mass is 16.5. The van der Waals surface area contributed by atoms with E-state index < -0.39 is 5.97 Å². The summed E-state index contributed by atoms with van der Waals surface area (Å²) in [7, 11) is 1.28. The molecule has 2 aromatic carbocycles. The van der Waals surface area contributed by atoms with Crippen LogP contribution in [0.2, 0.25) is 0 Å². The molecule has 0 aliphatic rings. The molecule has 2 aromatic rings. The number of ether oxygens (including phenoxy) is 1. The van der Waals surface area contributed by atoms with Crippen molar-refractivity contribution < 1.29 is 19.1 Å². The van der Waals surface area contributed by atoms with Crippen LogP contribution in [0.15, 0.2) is 54.6 Å². The largest absolute Gasteiger partial charge is 0.469 e. The topological polar surface area (TPSA) is 75.7 Å². The molecule has 2 rings (SSSR count). The molecule has 26 heavy (non-hydrogen) atoms. The van der Waals surface area contributed by atoms with Crippen LogP contribution >= 0.6 is 0 Å². The van der Waals surface area contributed by atoms with E-state index in [2.05, 4.69) is 10.1 Å². The molecule has 0 aliphatic carbocycles. The lowest BCUT2D eigenvalue weighted by molar-refractivity contribution is -0.141. The highest BCUT2D eigenvalue weighted by Gasteiger charge is 2.16. The highest BCUT2D eigenvalue weighted by molar-refractivity contribution is 6.06. The van der Waals surface area contributed by atoms with E-state index in [1.165, 1.54) is 7.11 Å². The van der Waals surface area contributed by atoms with Crippen molar-refractivity contribution in [3.05, 3.63) is 60.2 Å². The van der Waals surface area contributed by atoms with Gasteiger partial charge in [-0.05, 0) is 43.3 Å². The maximum absolute atomic E-state index is 12.7. The first-order valence-corrected chi connectivity index (χ1v) is 8.38. The normalized spacial score (nSPS) is 10.1. The SMILES string of the molecule is CCN(C(=O)c1ccc(NC(=O)CCC(=O)OC)cc1)c1ccccc1. The minimum atomic E-state index is -0.429. The average molecular weight is 354 g/mol. The maximum atomic E-state index is 12.7. The zero-order valence-corrected chi connectivity index (χ0v) is 14.9. The molecule has 0 saturated carbocycles. The Balaban J connectivity index is 2.01. The molecule has 0 aliphatic heterocycles. The van der Waals surface area contributed by atoms with Gasteiger partial charge in [0, 0.05) is 29.9 Å². The van der Waals surface area contributed by atoms with Gasteiger partial charge in [0.05, 0.1) is 13.5 Å². The molecule has 6 heteroatoms. The van der Waals surface area contributed by atoms with Crippen molar-refractivity contribution in [2.45, 2.75) is 19.8 Å². The molecule has 1 N–H and O–H groups in total. The second-order valence-corrected chi connectivity index (χ2v) is 5.59. The van der Waals surface area contributed by atoms with E-state index in [1.807, 2.05) is 37.3 Å². The van der Waals surface area contributed by atoms with E-state index >= 15 is 0 Å². The summed E-state index contributed by atoms with van der Waals surface area (Å²) in [6.07, 6.45) is 0.0758. The number of hydrogen-bond acceptors (Lipinski definition) is 4. The molecule has 0 bridgehead atoms. The highest BCUT2D eigenvalue weighted by Crippen LogP contribution is 2.18. The number of hydrogen-bond donors (Lipinski definition) is 1. The van der Waals surface area contributed by atoms with Crippen LogP contribution in [0.3, 0.4) is 0 Å². The summed E-state index contributed by atoms with van der Waals surface area (Å²) in [6, 6.07) is 16.1. The van der Waals surface area contributed by atoms with Gasteiger partial charge in [-0.2, -0.15) is 0 Å². The van der Waals surface area contributed by atoms with Crippen molar-refractivity contribution in [3.8, 4) is 0 Å². The Morgan fingerprint density at radius 1 is 0.962 bits per heavy atom. The van der Waals surface area contributed by atoms with E-state index in [1.54, 1.807) is 29.2 Å². The lowest BCUT2D eigenvalue weighted by Gasteiger charge is -2.21. The molecule has 136 valence electrons. The van der Waals surface area contributed by atoms with E-state index in [4.69, 9.17) is 0 Å². The van der Waals surface area contributed by atoms with Crippen molar-refractivity contribution in [1.29, 1.82) is 0 Å². The number of esters is 1. The summed E-state index contributed by atoms with van der Waals surface area (Å²) in [5, 5.41) is 2.69. The van der Waals surface area contributed by atoms with Crippen molar-refractivity contribution in [3.63, 3.8) is 0 Å². The van der Waals surface area contributed by atoms with Crippen LogP contribution in [0, 0.1) is 0 Å². The molecule has 0 atom stereocenters. The van der Waals surface area contributed by atoms with Crippen LogP contribution in [0.5, 0.6) is 0 Å². The van der Waals surface area contributed by atoms with Gasteiger partial charge in [0.15, 0.2) is 0 Å². The number of rotatable bonds is 7. The van der Waals surface area contributed by atoms with Crippen LogP contribution in [0.25, 0.3) is 0 Å². The first-order valence-electron chi connectivity index (χ1n) is 8.38. The van der Waals surface area contributed by atoms with Crippen molar-refractivity contribution in [2.24, 2.45) is 0 Å². The summed E-state index contributed by atoms with van der Waals surface area (Å²) >= 11 is 0. The second-order valence-electron chi connectivity index (χ2n) is 5.59. The molecule has 2 amide bonds. The van der Waals surface area contributed by atoms with E-state index in [-0.39, 0.29) is 24.7 Å². The van der Waals surface area contributed by atoms with Gasteiger partial charge >= 0.3 is 5.97 Å². The van der Waals surface area contributed by atoms with Crippen molar-refractivity contribution in [2.75, 3.05) is 23.9 Å². The molecule has 6 nitrogen and oxygen atoms in total. The monoisotopic (exact) mass is 354 g/mol. The summed E-state index contributed by atoms with van der Waals surface area (Å²) < 4.78 is 4.50. The maximum Gasteiger partial charge on any atom is 0.306 e. The third-order valence-corrected chi connectivity index (χ3v) is 3.83. The summed E-state index contributed by atoms with van der Waals surface area (Å²) in [4.78, 5) is 37.2. The summed E-state index contributed by atoms with van der Waals surface area (Å²) in [6.45, 7) is 2.47. The fourth-order valence-corrected chi connectivity index (χ4v) is 2.44. The van der Waals surface area contributed by atoms with Gasteiger partial charge in [-0.15, -0.1) is 0 Å². The molecule has 0 heterocycles. The standard InChI is InChI=1S/C20H22N2O4/c1-3-22(17-7-5-4-6-8-17)20(25)15-9-11-16(12-10-15)21-18(23)13-14-19(24)26-2/h4-12H,3,13-14H2,1-2H3,(H,21,23). The van der Waals surface area contributed by atoms with E-state index in [0.29, 0.717) is 17.8 Å². The Labute approximate surface area is 152 Å². The lowest BCUT2D eigenvalue weighted by atomic mass is 10.1. The Bertz CT molecular complexity index is 757. The summed E-state index contributed by atoms with van der Waals surface area (Å²) in [5.74, 6) is -0.821. The van der Waals surface area contributed by atoms with Gasteiger partial charge in [0.1, 0.15) is 0 Å². The first-order chi connectivity index (χ1) is 12.5. The predicted octanol–water partition coefficient (Wildman–Crippen LogP) is 3.25. The van der Waals surface area contributed by atoms with Crippen molar-refractivity contribution >= 4 is 29.2 Å². The molecule has 0 radical (unpaired) electrons. The smallest absolute Gasteiger partial charge is 0.306 e.